The smallest absolute Gasteiger partial charge is 0.244 e. The van der Waals surface area contributed by atoms with Crippen LogP contribution in [0.3, 0.4) is 0 Å². The summed E-state index contributed by atoms with van der Waals surface area (Å²) in [6.45, 7) is 1.12. The number of nitrogens with zero attached hydrogens (tertiary/aromatic N) is 4. The number of halogens is 1. The first kappa shape index (κ1) is 18.0. The highest BCUT2D eigenvalue weighted by Crippen LogP contribution is 2.38. The number of pyridine rings is 1. The molecule has 1 aromatic carbocycles. The minimum atomic E-state index is -0.295. The van der Waals surface area contributed by atoms with Crippen molar-refractivity contribution in [3.8, 4) is 23.4 Å². The van der Waals surface area contributed by atoms with Crippen LogP contribution >= 0.6 is 0 Å². The molecule has 2 aromatic heterocycles. The van der Waals surface area contributed by atoms with Crippen molar-refractivity contribution in [1.82, 2.24) is 20.0 Å². The van der Waals surface area contributed by atoms with Gasteiger partial charge in [-0.15, -0.1) is 0 Å². The van der Waals surface area contributed by atoms with Crippen molar-refractivity contribution in [2.24, 2.45) is 0 Å². The molecule has 146 valence electrons. The van der Waals surface area contributed by atoms with Gasteiger partial charge in [-0.3, -0.25) is 9.88 Å². The van der Waals surface area contributed by atoms with Gasteiger partial charge < -0.3 is 4.52 Å². The molecule has 29 heavy (non-hydrogen) atoms. The van der Waals surface area contributed by atoms with E-state index in [0.29, 0.717) is 29.0 Å². The minimum Gasteiger partial charge on any atom is -0.337 e. The maximum atomic E-state index is 13.2. The highest BCUT2D eigenvalue weighted by Gasteiger charge is 2.37. The van der Waals surface area contributed by atoms with Crippen LogP contribution in [0.25, 0.3) is 11.5 Å². The van der Waals surface area contributed by atoms with E-state index < -0.39 is 0 Å². The lowest BCUT2D eigenvalue weighted by Gasteiger charge is -2.37. The Balaban J connectivity index is 1.31. The predicted octanol–water partition coefficient (Wildman–Crippen LogP) is 4.36. The summed E-state index contributed by atoms with van der Waals surface area (Å²) in [5, 5.41) is 4.15. The molecule has 1 atom stereocenters. The van der Waals surface area contributed by atoms with Crippen molar-refractivity contribution in [2.45, 2.75) is 44.2 Å². The van der Waals surface area contributed by atoms with E-state index in [1.807, 2.05) is 12.1 Å². The lowest BCUT2D eigenvalue weighted by atomic mass is 9.91. The quantitative estimate of drug-likeness (QED) is 0.624. The number of likely N-dealkylation sites (tertiary alicyclic amines) is 1. The van der Waals surface area contributed by atoms with Gasteiger partial charge in [-0.05, 0) is 62.6 Å². The van der Waals surface area contributed by atoms with E-state index in [4.69, 9.17) is 4.52 Å². The number of hydrogen-bond donors (Lipinski definition) is 0. The fraction of sp³-hybridized carbons (Fsp3) is 0.348. The zero-order chi connectivity index (χ0) is 19.6. The van der Waals surface area contributed by atoms with Crippen LogP contribution in [0.1, 0.15) is 55.2 Å². The molecule has 2 aliphatic rings. The predicted molar refractivity (Wildman–Crippen MR) is 106 cm³/mol. The van der Waals surface area contributed by atoms with Crippen LogP contribution in [-0.4, -0.2) is 32.6 Å². The molecule has 0 bridgehead atoms. The second kappa shape index (κ2) is 7.76. The van der Waals surface area contributed by atoms with Gasteiger partial charge in [0.2, 0.25) is 11.7 Å². The lowest BCUT2D eigenvalue weighted by molar-refractivity contribution is 0.0966. The number of benzene rings is 1. The van der Waals surface area contributed by atoms with E-state index >= 15 is 0 Å². The van der Waals surface area contributed by atoms with E-state index in [1.54, 1.807) is 18.3 Å². The molecule has 1 unspecified atom stereocenters. The highest BCUT2D eigenvalue weighted by atomic mass is 19.1. The molecule has 0 spiro atoms. The summed E-state index contributed by atoms with van der Waals surface area (Å²) in [5.41, 5.74) is 2.03. The molecular formula is C23H21FN4O. The topological polar surface area (TPSA) is 55.1 Å². The van der Waals surface area contributed by atoms with Gasteiger partial charge in [0, 0.05) is 23.4 Å². The monoisotopic (exact) mass is 388 g/mol. The normalized spacial score (nSPS) is 19.6. The minimum absolute atomic E-state index is 0.234. The van der Waals surface area contributed by atoms with E-state index in [2.05, 4.69) is 31.9 Å². The first-order valence-corrected chi connectivity index (χ1v) is 10.1. The van der Waals surface area contributed by atoms with Crippen LogP contribution in [0.4, 0.5) is 4.39 Å². The van der Waals surface area contributed by atoms with E-state index in [1.165, 1.54) is 37.8 Å². The van der Waals surface area contributed by atoms with E-state index in [0.717, 1.165) is 18.5 Å². The Labute approximate surface area is 169 Å². The van der Waals surface area contributed by atoms with Gasteiger partial charge in [0.1, 0.15) is 11.5 Å². The molecule has 3 heterocycles. The van der Waals surface area contributed by atoms with Crippen molar-refractivity contribution >= 4 is 0 Å². The third-order valence-electron chi connectivity index (χ3n) is 5.73. The maximum Gasteiger partial charge on any atom is 0.244 e. The molecule has 0 N–H and O–H groups in total. The molecule has 5 rings (SSSR count). The summed E-state index contributed by atoms with van der Waals surface area (Å²) < 4.78 is 18.8. The summed E-state index contributed by atoms with van der Waals surface area (Å²) in [4.78, 5) is 11.6. The second-order valence-electron chi connectivity index (χ2n) is 7.63. The van der Waals surface area contributed by atoms with Gasteiger partial charge in [0.15, 0.2) is 0 Å². The van der Waals surface area contributed by atoms with Crippen LogP contribution in [-0.2, 0) is 0 Å². The molecule has 6 heteroatoms. The summed E-state index contributed by atoms with van der Waals surface area (Å²) >= 11 is 0. The van der Waals surface area contributed by atoms with Gasteiger partial charge in [0.25, 0.3) is 0 Å². The zero-order valence-electron chi connectivity index (χ0n) is 16.0. The molecule has 2 fully saturated rings. The molecule has 1 saturated heterocycles. The Bertz CT molecular complexity index is 1060. The molecule has 1 saturated carbocycles. The summed E-state index contributed by atoms with van der Waals surface area (Å²) in [6.07, 6.45) is 7.79. The van der Waals surface area contributed by atoms with Gasteiger partial charge >= 0.3 is 0 Å². The van der Waals surface area contributed by atoms with E-state index in [-0.39, 0.29) is 11.9 Å². The van der Waals surface area contributed by atoms with Gasteiger partial charge in [-0.2, -0.15) is 4.98 Å². The second-order valence-corrected chi connectivity index (χ2v) is 7.63. The fourth-order valence-corrected chi connectivity index (χ4v) is 3.99. The van der Waals surface area contributed by atoms with E-state index in [9.17, 15) is 4.39 Å². The van der Waals surface area contributed by atoms with Crippen molar-refractivity contribution in [2.75, 3.05) is 6.54 Å². The summed E-state index contributed by atoms with van der Waals surface area (Å²) in [7, 11) is 0. The molecule has 0 amide bonds. The third kappa shape index (κ3) is 3.79. The third-order valence-corrected chi connectivity index (χ3v) is 5.73. The largest absolute Gasteiger partial charge is 0.337 e. The molecule has 0 radical (unpaired) electrons. The van der Waals surface area contributed by atoms with Crippen LogP contribution < -0.4 is 0 Å². The molecule has 3 aromatic rings. The van der Waals surface area contributed by atoms with Crippen LogP contribution in [0.5, 0.6) is 0 Å². The molecule has 1 aliphatic carbocycles. The first-order valence-electron chi connectivity index (χ1n) is 10.1. The Morgan fingerprint density at radius 1 is 1.03 bits per heavy atom. The van der Waals surface area contributed by atoms with Crippen molar-refractivity contribution in [3.05, 3.63) is 65.4 Å². The highest BCUT2D eigenvalue weighted by molar-refractivity contribution is 5.51. The Kier molecular flexibility index (Phi) is 4.82. The van der Waals surface area contributed by atoms with Crippen molar-refractivity contribution in [3.63, 3.8) is 0 Å². The fourth-order valence-electron chi connectivity index (χ4n) is 3.99. The number of rotatable bonds is 3. The Morgan fingerprint density at radius 3 is 2.69 bits per heavy atom. The number of aromatic nitrogens is 3. The Hall–Kier alpha value is -3.04. The summed E-state index contributed by atoms with van der Waals surface area (Å²) in [6, 6.07) is 10.8. The first-order chi connectivity index (χ1) is 14.3. The van der Waals surface area contributed by atoms with Gasteiger partial charge in [-0.1, -0.05) is 29.5 Å². The average molecular weight is 388 g/mol. The van der Waals surface area contributed by atoms with Gasteiger partial charge in [-0.25, -0.2) is 4.39 Å². The van der Waals surface area contributed by atoms with Crippen molar-refractivity contribution in [1.29, 1.82) is 0 Å². The lowest BCUT2D eigenvalue weighted by Crippen LogP contribution is -2.39. The van der Waals surface area contributed by atoms with Gasteiger partial charge in [0.05, 0.1) is 6.04 Å². The zero-order valence-corrected chi connectivity index (χ0v) is 16.0. The molecule has 1 aliphatic heterocycles. The average Bonchev–Trinajstić information content (AvgIpc) is 3.35. The Morgan fingerprint density at radius 2 is 1.93 bits per heavy atom. The van der Waals surface area contributed by atoms with Crippen LogP contribution in [0, 0.1) is 17.7 Å². The van der Waals surface area contributed by atoms with Crippen molar-refractivity contribution < 1.29 is 8.91 Å². The summed E-state index contributed by atoms with van der Waals surface area (Å²) in [5.74, 6) is 6.85. The maximum absolute atomic E-state index is 13.2. The number of hydrogen-bond acceptors (Lipinski definition) is 5. The standard InChI is InChI=1S/C23H21FN4O/c24-18-5-1-4-16(14-18)9-10-17-11-12-20(25-15-17)22-26-23(29-27-22)21-8-3-13-28(21)19-6-2-7-19/h1,4-5,11-12,14-15,19,21H,2-3,6-8,13H2. The molecular weight excluding hydrogens is 367 g/mol. The molecule has 5 nitrogen and oxygen atoms in total. The SMILES string of the molecule is Fc1cccc(C#Cc2ccc(-c3noc(C4CCCN4C4CCC4)n3)nc2)c1. The van der Waals surface area contributed by atoms with Crippen LogP contribution in [0.15, 0.2) is 47.1 Å². The van der Waals surface area contributed by atoms with Crippen LogP contribution in [0.2, 0.25) is 0 Å².